The Labute approximate surface area is 223 Å². The van der Waals surface area contributed by atoms with Crippen molar-refractivity contribution in [3.8, 4) is 5.75 Å². The molecule has 2 atom stereocenters. The van der Waals surface area contributed by atoms with Crippen LogP contribution >= 0.6 is 27.7 Å². The van der Waals surface area contributed by atoms with E-state index in [1.807, 2.05) is 38.1 Å². The molecule has 1 heterocycles. The third-order valence-electron chi connectivity index (χ3n) is 6.57. The van der Waals surface area contributed by atoms with Crippen LogP contribution in [0.5, 0.6) is 5.75 Å². The minimum absolute atomic E-state index is 0.0514. The minimum Gasteiger partial charge on any atom is -0.496 e. The zero-order valence-electron chi connectivity index (χ0n) is 20.5. The Balaban J connectivity index is 1.75. The number of hydrogen-bond acceptors (Lipinski definition) is 6. The van der Waals surface area contributed by atoms with Crippen molar-refractivity contribution in [3.63, 3.8) is 0 Å². The van der Waals surface area contributed by atoms with Crippen LogP contribution in [0, 0.1) is 5.82 Å². The van der Waals surface area contributed by atoms with Gasteiger partial charge in [-0.25, -0.2) is 9.18 Å². The van der Waals surface area contributed by atoms with Gasteiger partial charge in [-0.1, -0.05) is 31.2 Å². The number of hydrogen-bond donors (Lipinski definition) is 1. The summed E-state index contributed by atoms with van der Waals surface area (Å²) in [6.07, 6.45) is 0.876. The average molecular weight is 575 g/mol. The highest BCUT2D eigenvalue weighted by Crippen LogP contribution is 2.47. The van der Waals surface area contributed by atoms with Gasteiger partial charge in [0.15, 0.2) is 5.78 Å². The number of rotatable bonds is 8. The van der Waals surface area contributed by atoms with Gasteiger partial charge in [0.25, 0.3) is 0 Å². The van der Waals surface area contributed by atoms with E-state index in [1.54, 1.807) is 31.0 Å². The van der Waals surface area contributed by atoms with E-state index < -0.39 is 17.7 Å². The molecule has 0 saturated heterocycles. The molecular weight excluding hydrogens is 545 g/mol. The van der Waals surface area contributed by atoms with E-state index in [9.17, 15) is 14.0 Å². The first kappa shape index (κ1) is 26.5. The highest BCUT2D eigenvalue weighted by atomic mass is 79.9. The van der Waals surface area contributed by atoms with Gasteiger partial charge in [-0.15, -0.1) is 0 Å². The van der Waals surface area contributed by atoms with Crippen LogP contribution in [0.2, 0.25) is 0 Å². The molecule has 0 fully saturated rings. The molecule has 190 valence electrons. The van der Waals surface area contributed by atoms with Crippen molar-refractivity contribution in [2.45, 2.75) is 38.5 Å². The summed E-state index contributed by atoms with van der Waals surface area (Å²) in [7, 11) is 1.62. The van der Waals surface area contributed by atoms with Crippen molar-refractivity contribution in [2.75, 3.05) is 25.2 Å². The number of ketones is 1. The molecule has 0 saturated carbocycles. The van der Waals surface area contributed by atoms with Crippen LogP contribution in [0.1, 0.15) is 49.7 Å². The number of benzene rings is 2. The van der Waals surface area contributed by atoms with Crippen molar-refractivity contribution < 1.29 is 23.5 Å². The number of carbonyl (C=O) groups excluding carboxylic acids is 2. The van der Waals surface area contributed by atoms with E-state index >= 15 is 0 Å². The van der Waals surface area contributed by atoms with Crippen molar-refractivity contribution >= 4 is 39.4 Å². The quantitative estimate of drug-likeness (QED) is 0.297. The maximum atomic E-state index is 14.1. The largest absolute Gasteiger partial charge is 0.496 e. The number of nitrogens with one attached hydrogen (secondary N) is 1. The number of halogens is 2. The molecule has 0 unspecified atom stereocenters. The van der Waals surface area contributed by atoms with Crippen molar-refractivity contribution in [2.24, 2.45) is 0 Å². The van der Waals surface area contributed by atoms with Crippen LogP contribution in [0.3, 0.4) is 0 Å². The fourth-order valence-electron chi connectivity index (χ4n) is 4.97. The Kier molecular flexibility index (Phi) is 8.57. The molecule has 2 aliphatic rings. The standard InChI is InChI=1S/C28H29BrFNO4S/c1-4-36-12-11-35-28(33)25-16(2)31-22-14-18(19-7-5-6-8-24(19)34-3)15-23(32)27(22)26(25)17-9-10-21(30)20(29)13-17/h5-10,13,18,26,31H,4,11-12,14-15H2,1-3H3/t18-,26+/m1/s1. The summed E-state index contributed by atoms with van der Waals surface area (Å²) in [5.41, 5.74) is 3.99. The Hall–Kier alpha value is -2.58. The van der Waals surface area contributed by atoms with Gasteiger partial charge in [0, 0.05) is 41.0 Å². The Morgan fingerprint density at radius 1 is 1.22 bits per heavy atom. The molecule has 0 spiro atoms. The van der Waals surface area contributed by atoms with Gasteiger partial charge < -0.3 is 14.8 Å². The smallest absolute Gasteiger partial charge is 0.336 e. The number of Topliss-reactive ketones (excluding diaryl/α,β-unsaturated/α-hetero) is 1. The summed E-state index contributed by atoms with van der Waals surface area (Å²) in [4.78, 5) is 27.0. The van der Waals surface area contributed by atoms with Crippen molar-refractivity contribution in [1.29, 1.82) is 0 Å². The first-order valence-electron chi connectivity index (χ1n) is 11.9. The molecule has 8 heteroatoms. The summed E-state index contributed by atoms with van der Waals surface area (Å²) in [6.45, 7) is 4.15. The second-order valence-corrected chi connectivity index (χ2v) is 11.0. The third-order valence-corrected chi connectivity index (χ3v) is 8.04. The fourth-order valence-corrected chi connectivity index (χ4v) is 5.86. The number of dihydropyridines is 1. The first-order valence-corrected chi connectivity index (χ1v) is 13.9. The predicted molar refractivity (Wildman–Crippen MR) is 144 cm³/mol. The Morgan fingerprint density at radius 3 is 2.72 bits per heavy atom. The van der Waals surface area contributed by atoms with E-state index in [0.717, 1.165) is 22.8 Å². The van der Waals surface area contributed by atoms with Crippen LogP contribution in [0.25, 0.3) is 0 Å². The molecular formula is C28H29BrFNO4S. The van der Waals surface area contributed by atoms with E-state index in [4.69, 9.17) is 9.47 Å². The topological polar surface area (TPSA) is 64.6 Å². The summed E-state index contributed by atoms with van der Waals surface area (Å²) in [6, 6.07) is 12.4. The van der Waals surface area contributed by atoms with Gasteiger partial charge in [-0.3, -0.25) is 4.79 Å². The zero-order valence-corrected chi connectivity index (χ0v) is 22.9. The highest BCUT2D eigenvalue weighted by molar-refractivity contribution is 9.10. The van der Waals surface area contributed by atoms with E-state index in [1.165, 1.54) is 6.07 Å². The summed E-state index contributed by atoms with van der Waals surface area (Å²) >= 11 is 4.95. The molecule has 36 heavy (non-hydrogen) atoms. The lowest BCUT2D eigenvalue weighted by molar-refractivity contribution is -0.138. The molecule has 0 bridgehead atoms. The van der Waals surface area contributed by atoms with Crippen LogP contribution in [0.15, 0.2) is 69.5 Å². The van der Waals surface area contributed by atoms with E-state index in [-0.39, 0.29) is 29.2 Å². The van der Waals surface area contributed by atoms with Crippen molar-refractivity contribution in [3.05, 3.63) is 86.4 Å². The van der Waals surface area contributed by atoms with Crippen LogP contribution in [-0.2, 0) is 14.3 Å². The molecule has 2 aromatic carbocycles. The lowest BCUT2D eigenvalue weighted by Crippen LogP contribution is -2.36. The van der Waals surface area contributed by atoms with Gasteiger partial charge in [0.2, 0.25) is 0 Å². The zero-order chi connectivity index (χ0) is 25.8. The molecule has 1 N–H and O–H groups in total. The van der Waals surface area contributed by atoms with Crippen molar-refractivity contribution in [1.82, 2.24) is 5.32 Å². The van der Waals surface area contributed by atoms with Gasteiger partial charge in [0.05, 0.1) is 17.2 Å². The molecule has 0 aromatic heterocycles. The number of methoxy groups -OCH3 is 1. The normalized spacial score (nSPS) is 19.6. The molecule has 1 aliphatic carbocycles. The van der Waals surface area contributed by atoms with E-state index in [2.05, 4.69) is 21.2 Å². The van der Waals surface area contributed by atoms with Crippen LogP contribution in [0.4, 0.5) is 4.39 Å². The number of ether oxygens (including phenoxy) is 2. The van der Waals surface area contributed by atoms with Crippen LogP contribution < -0.4 is 10.1 Å². The molecule has 1 aliphatic heterocycles. The summed E-state index contributed by atoms with van der Waals surface area (Å²) < 4.78 is 25.5. The second kappa shape index (κ2) is 11.6. The molecule has 4 rings (SSSR count). The molecule has 0 radical (unpaired) electrons. The first-order chi connectivity index (χ1) is 17.3. The van der Waals surface area contributed by atoms with E-state index in [0.29, 0.717) is 34.6 Å². The maximum Gasteiger partial charge on any atom is 0.336 e. The van der Waals surface area contributed by atoms with Crippen LogP contribution in [-0.4, -0.2) is 37.0 Å². The number of allylic oxidation sites excluding steroid dienone is 3. The summed E-state index contributed by atoms with van der Waals surface area (Å²) in [5, 5.41) is 3.35. The number of esters is 1. The maximum absolute atomic E-state index is 14.1. The lowest BCUT2D eigenvalue weighted by atomic mass is 9.71. The van der Waals surface area contributed by atoms with Gasteiger partial charge in [-0.05, 0) is 64.4 Å². The Morgan fingerprint density at radius 2 is 2.00 bits per heavy atom. The fraction of sp³-hybridized carbons (Fsp3) is 0.357. The number of thioether (sulfide) groups is 1. The van der Waals surface area contributed by atoms with Gasteiger partial charge >= 0.3 is 5.97 Å². The molecule has 5 nitrogen and oxygen atoms in total. The lowest BCUT2D eigenvalue weighted by Gasteiger charge is -2.37. The average Bonchev–Trinajstić information content (AvgIpc) is 2.87. The Bertz CT molecular complexity index is 1240. The molecule has 0 amide bonds. The highest BCUT2D eigenvalue weighted by Gasteiger charge is 2.42. The predicted octanol–water partition coefficient (Wildman–Crippen LogP) is 6.25. The van der Waals surface area contributed by atoms with Gasteiger partial charge in [0.1, 0.15) is 18.2 Å². The number of carbonyl (C=O) groups is 2. The SMILES string of the molecule is CCSCCOC(=O)C1=C(C)NC2=C(C(=O)C[C@H](c3ccccc3OC)C2)[C@H]1c1ccc(F)c(Br)c1. The van der Waals surface area contributed by atoms with Gasteiger partial charge in [-0.2, -0.15) is 11.8 Å². The monoisotopic (exact) mass is 573 g/mol. The second-order valence-electron chi connectivity index (χ2n) is 8.77. The number of para-hydroxylation sites is 1. The third kappa shape index (κ3) is 5.39. The minimum atomic E-state index is -0.643. The molecule has 2 aromatic rings. The summed E-state index contributed by atoms with van der Waals surface area (Å²) in [5.74, 6) is 0.749.